The molecule has 3 atom stereocenters. The molecule has 2 aliphatic heterocycles. The lowest BCUT2D eigenvalue weighted by Gasteiger charge is -2.32. The number of ether oxygens (including phenoxy) is 1. The van der Waals surface area contributed by atoms with Crippen LogP contribution in [0.2, 0.25) is 0 Å². The van der Waals surface area contributed by atoms with Crippen molar-refractivity contribution in [2.75, 3.05) is 0 Å². The van der Waals surface area contributed by atoms with Crippen molar-refractivity contribution in [2.45, 2.75) is 38.3 Å². The summed E-state index contributed by atoms with van der Waals surface area (Å²) in [6, 6.07) is 16.5. The number of aryl methyl sites for hydroxylation is 1. The zero-order chi connectivity index (χ0) is 22.0. The summed E-state index contributed by atoms with van der Waals surface area (Å²) in [6.45, 7) is 1.42. The first-order valence-electron chi connectivity index (χ1n) is 10.3. The van der Waals surface area contributed by atoms with Crippen molar-refractivity contribution in [1.82, 2.24) is 4.90 Å². The monoisotopic (exact) mass is 417 g/mol. The van der Waals surface area contributed by atoms with Gasteiger partial charge in [-0.05, 0) is 35.6 Å². The van der Waals surface area contributed by atoms with Crippen LogP contribution in [0.5, 0.6) is 0 Å². The second-order valence-corrected chi connectivity index (χ2v) is 7.84. The molecular formula is C25H23NO5. The summed E-state index contributed by atoms with van der Waals surface area (Å²) in [6.07, 6.45) is 3.32. The van der Waals surface area contributed by atoms with Crippen molar-refractivity contribution in [1.29, 1.82) is 0 Å². The molecular weight excluding hydrogens is 394 g/mol. The van der Waals surface area contributed by atoms with Crippen molar-refractivity contribution in [3.8, 4) is 0 Å². The number of carbonyl (C=O) groups is 4. The Morgan fingerprint density at radius 2 is 1.71 bits per heavy atom. The Labute approximate surface area is 180 Å². The average molecular weight is 417 g/mol. The van der Waals surface area contributed by atoms with Gasteiger partial charge in [0.25, 0.3) is 0 Å². The molecule has 0 aromatic heterocycles. The SMILES string of the molecule is CC(=O)N1C=Cc2ccccc2C1CC(=O)C1C(=O)OC(CCc2ccccc2)C1=O. The summed E-state index contributed by atoms with van der Waals surface area (Å²) < 4.78 is 5.26. The lowest BCUT2D eigenvalue weighted by molar-refractivity contribution is -0.147. The average Bonchev–Trinajstić information content (AvgIpc) is 3.06. The number of amides is 1. The Balaban J connectivity index is 1.48. The fourth-order valence-corrected chi connectivity index (χ4v) is 4.22. The van der Waals surface area contributed by atoms with E-state index in [-0.39, 0.29) is 12.3 Å². The van der Waals surface area contributed by atoms with Gasteiger partial charge in [0.1, 0.15) is 0 Å². The number of fused-ring (bicyclic) bond motifs is 1. The summed E-state index contributed by atoms with van der Waals surface area (Å²) in [5.41, 5.74) is 2.75. The third-order valence-corrected chi connectivity index (χ3v) is 5.82. The number of carbonyl (C=O) groups excluding carboxylic acids is 4. The Kier molecular flexibility index (Phi) is 5.80. The molecule has 0 radical (unpaired) electrons. The number of hydrogen-bond donors (Lipinski definition) is 0. The van der Waals surface area contributed by atoms with E-state index in [9.17, 15) is 19.2 Å². The summed E-state index contributed by atoms with van der Waals surface area (Å²) in [7, 11) is 0. The highest BCUT2D eigenvalue weighted by Crippen LogP contribution is 2.35. The van der Waals surface area contributed by atoms with E-state index in [4.69, 9.17) is 4.74 Å². The van der Waals surface area contributed by atoms with E-state index in [1.165, 1.54) is 11.8 Å². The fourth-order valence-electron chi connectivity index (χ4n) is 4.22. The number of benzene rings is 2. The molecule has 0 N–H and O–H groups in total. The van der Waals surface area contributed by atoms with E-state index in [0.29, 0.717) is 12.8 Å². The summed E-state index contributed by atoms with van der Waals surface area (Å²) in [5, 5.41) is 0. The zero-order valence-electron chi connectivity index (χ0n) is 17.2. The molecule has 0 spiro atoms. The highest BCUT2D eigenvalue weighted by molar-refractivity contribution is 6.21. The molecule has 31 heavy (non-hydrogen) atoms. The Morgan fingerprint density at radius 1 is 1.00 bits per heavy atom. The summed E-state index contributed by atoms with van der Waals surface area (Å²) in [4.78, 5) is 51.9. The number of rotatable bonds is 6. The van der Waals surface area contributed by atoms with E-state index < -0.39 is 35.6 Å². The minimum absolute atomic E-state index is 0.127. The van der Waals surface area contributed by atoms with Crippen LogP contribution in [0.4, 0.5) is 0 Å². The number of Topliss-reactive ketones (excluding diaryl/α,β-unsaturated/α-hetero) is 2. The minimum atomic E-state index is -1.42. The maximum absolute atomic E-state index is 13.0. The molecule has 6 nitrogen and oxygen atoms in total. The maximum atomic E-state index is 13.0. The van der Waals surface area contributed by atoms with Gasteiger partial charge in [0.15, 0.2) is 23.6 Å². The lowest BCUT2D eigenvalue weighted by atomic mass is 9.87. The van der Waals surface area contributed by atoms with Gasteiger partial charge in [0, 0.05) is 19.5 Å². The normalized spacial score (nSPS) is 22.2. The molecule has 2 heterocycles. The van der Waals surface area contributed by atoms with Crippen LogP contribution in [0, 0.1) is 5.92 Å². The first-order chi connectivity index (χ1) is 15.0. The van der Waals surface area contributed by atoms with E-state index in [0.717, 1.165) is 16.7 Å². The van der Waals surface area contributed by atoms with Crippen LogP contribution in [0.3, 0.4) is 0 Å². The predicted octanol–water partition coefficient (Wildman–Crippen LogP) is 3.26. The molecule has 2 aromatic carbocycles. The molecule has 2 aromatic rings. The van der Waals surface area contributed by atoms with Crippen LogP contribution >= 0.6 is 0 Å². The molecule has 158 valence electrons. The molecule has 4 rings (SSSR count). The van der Waals surface area contributed by atoms with Crippen LogP contribution in [0.15, 0.2) is 60.8 Å². The summed E-state index contributed by atoms with van der Waals surface area (Å²) >= 11 is 0. The van der Waals surface area contributed by atoms with E-state index in [1.807, 2.05) is 60.7 Å². The van der Waals surface area contributed by atoms with E-state index >= 15 is 0 Å². The molecule has 3 unspecified atom stereocenters. The molecule has 1 saturated heterocycles. The van der Waals surface area contributed by atoms with Gasteiger partial charge in [-0.15, -0.1) is 0 Å². The third kappa shape index (κ3) is 4.19. The third-order valence-electron chi connectivity index (χ3n) is 5.82. The molecule has 0 saturated carbocycles. The molecule has 0 bridgehead atoms. The van der Waals surface area contributed by atoms with Gasteiger partial charge >= 0.3 is 5.97 Å². The number of esters is 1. The quantitative estimate of drug-likeness (QED) is 0.532. The highest BCUT2D eigenvalue weighted by Gasteiger charge is 2.48. The van der Waals surface area contributed by atoms with Gasteiger partial charge in [-0.3, -0.25) is 19.2 Å². The first kappa shape index (κ1) is 20.7. The number of ketones is 2. The molecule has 1 fully saturated rings. The van der Waals surface area contributed by atoms with E-state index in [1.54, 1.807) is 6.20 Å². The second kappa shape index (κ2) is 8.68. The largest absolute Gasteiger partial charge is 0.453 e. The fraction of sp³-hybridized carbons (Fsp3) is 0.280. The standard InChI is InChI=1S/C25H23NO5/c1-16(27)26-14-13-18-9-5-6-10-19(18)20(26)15-21(28)23-24(29)22(31-25(23)30)12-11-17-7-3-2-4-8-17/h2-10,13-14,20,22-23H,11-12,15H2,1H3. The van der Waals surface area contributed by atoms with Crippen LogP contribution < -0.4 is 0 Å². The molecule has 1 amide bonds. The maximum Gasteiger partial charge on any atom is 0.325 e. The van der Waals surface area contributed by atoms with E-state index in [2.05, 4.69) is 0 Å². The smallest absolute Gasteiger partial charge is 0.325 e. The van der Waals surface area contributed by atoms with Crippen LogP contribution in [-0.2, 0) is 30.3 Å². The lowest BCUT2D eigenvalue weighted by Crippen LogP contribution is -2.35. The molecule has 0 aliphatic carbocycles. The van der Waals surface area contributed by atoms with Crippen LogP contribution in [0.1, 0.15) is 42.5 Å². The van der Waals surface area contributed by atoms with Gasteiger partial charge in [-0.1, -0.05) is 54.6 Å². The second-order valence-electron chi connectivity index (χ2n) is 7.84. The van der Waals surface area contributed by atoms with Gasteiger partial charge in [-0.25, -0.2) is 0 Å². The predicted molar refractivity (Wildman–Crippen MR) is 114 cm³/mol. The van der Waals surface area contributed by atoms with Crippen molar-refractivity contribution in [3.63, 3.8) is 0 Å². The van der Waals surface area contributed by atoms with Gasteiger partial charge in [0.2, 0.25) is 5.91 Å². The Morgan fingerprint density at radius 3 is 2.45 bits per heavy atom. The van der Waals surface area contributed by atoms with Crippen molar-refractivity contribution >= 4 is 29.5 Å². The topological polar surface area (TPSA) is 80.8 Å². The zero-order valence-corrected chi connectivity index (χ0v) is 17.2. The van der Waals surface area contributed by atoms with Crippen molar-refractivity contribution in [2.24, 2.45) is 5.92 Å². The minimum Gasteiger partial charge on any atom is -0.453 e. The number of cyclic esters (lactones) is 1. The molecule has 2 aliphatic rings. The van der Waals surface area contributed by atoms with Crippen molar-refractivity contribution < 1.29 is 23.9 Å². The Hall–Kier alpha value is -3.54. The number of hydrogen-bond acceptors (Lipinski definition) is 5. The van der Waals surface area contributed by atoms with Gasteiger partial charge in [-0.2, -0.15) is 0 Å². The highest BCUT2D eigenvalue weighted by atomic mass is 16.6. The van der Waals surface area contributed by atoms with Gasteiger partial charge in [0.05, 0.1) is 6.04 Å². The number of nitrogens with zero attached hydrogens (tertiary/aromatic N) is 1. The van der Waals surface area contributed by atoms with Crippen LogP contribution in [0.25, 0.3) is 6.08 Å². The van der Waals surface area contributed by atoms with Crippen molar-refractivity contribution in [3.05, 3.63) is 77.5 Å². The van der Waals surface area contributed by atoms with Crippen LogP contribution in [-0.4, -0.2) is 34.4 Å². The molecule has 6 heteroatoms. The summed E-state index contributed by atoms with van der Waals surface area (Å²) in [5.74, 6) is -3.43. The Bertz CT molecular complexity index is 1060. The first-order valence-corrected chi connectivity index (χ1v) is 10.3. The van der Waals surface area contributed by atoms with Gasteiger partial charge < -0.3 is 9.64 Å².